The Hall–Kier alpha value is -0.860. The van der Waals surface area contributed by atoms with E-state index in [4.69, 9.17) is 0 Å². The number of carbonyl (C=O) groups excluding carboxylic acids is 1. The molecule has 0 fully saturated rings. The largest absolute Gasteiger partial charge is 0.463 e. The van der Waals surface area contributed by atoms with Crippen molar-refractivity contribution < 1.29 is 14.2 Å². The SMILES string of the molecule is C=CC(=O)OCCC.F. The van der Waals surface area contributed by atoms with Crippen molar-refractivity contribution in [2.24, 2.45) is 0 Å². The van der Waals surface area contributed by atoms with E-state index in [1.807, 2.05) is 6.92 Å². The summed E-state index contributed by atoms with van der Waals surface area (Å²) in [6, 6.07) is 0. The van der Waals surface area contributed by atoms with Crippen LogP contribution in [-0.2, 0) is 9.53 Å². The molecule has 0 aromatic rings. The van der Waals surface area contributed by atoms with E-state index in [-0.39, 0.29) is 10.7 Å². The van der Waals surface area contributed by atoms with Crippen molar-refractivity contribution in [3.63, 3.8) is 0 Å². The summed E-state index contributed by atoms with van der Waals surface area (Å²) in [5, 5.41) is 0. The van der Waals surface area contributed by atoms with Gasteiger partial charge >= 0.3 is 5.97 Å². The molecule has 54 valence electrons. The van der Waals surface area contributed by atoms with E-state index in [0.717, 1.165) is 12.5 Å². The number of rotatable bonds is 3. The van der Waals surface area contributed by atoms with Crippen LogP contribution in [0.2, 0.25) is 0 Å². The minimum absolute atomic E-state index is 0. The second-order valence-corrected chi connectivity index (χ2v) is 1.37. The van der Waals surface area contributed by atoms with E-state index in [2.05, 4.69) is 11.3 Å². The van der Waals surface area contributed by atoms with Crippen LogP contribution in [-0.4, -0.2) is 12.6 Å². The molecular weight excluding hydrogens is 123 g/mol. The summed E-state index contributed by atoms with van der Waals surface area (Å²) in [5.74, 6) is -0.341. The van der Waals surface area contributed by atoms with Crippen LogP contribution in [0.4, 0.5) is 4.70 Å². The monoisotopic (exact) mass is 134 g/mol. The molecular formula is C6H11FO2. The quantitative estimate of drug-likeness (QED) is 0.429. The van der Waals surface area contributed by atoms with Gasteiger partial charge in [0.2, 0.25) is 0 Å². The number of esters is 1. The third-order valence-corrected chi connectivity index (χ3v) is 0.615. The van der Waals surface area contributed by atoms with E-state index in [9.17, 15) is 4.79 Å². The summed E-state index contributed by atoms with van der Waals surface area (Å²) in [5.41, 5.74) is 0. The van der Waals surface area contributed by atoms with Crippen LogP contribution in [0, 0.1) is 0 Å². The first-order valence-corrected chi connectivity index (χ1v) is 2.60. The van der Waals surface area contributed by atoms with Crippen molar-refractivity contribution in [2.45, 2.75) is 13.3 Å². The predicted octanol–water partition coefficient (Wildman–Crippen LogP) is 1.28. The molecule has 9 heavy (non-hydrogen) atoms. The molecule has 2 nitrogen and oxygen atoms in total. The van der Waals surface area contributed by atoms with Gasteiger partial charge in [-0.1, -0.05) is 13.5 Å². The lowest BCUT2D eigenvalue weighted by molar-refractivity contribution is -0.137. The van der Waals surface area contributed by atoms with Crippen LogP contribution < -0.4 is 0 Å². The molecule has 0 atom stereocenters. The highest BCUT2D eigenvalue weighted by Gasteiger charge is 1.89. The highest BCUT2D eigenvalue weighted by atomic mass is 19.0. The summed E-state index contributed by atoms with van der Waals surface area (Å²) >= 11 is 0. The van der Waals surface area contributed by atoms with E-state index in [1.54, 1.807) is 0 Å². The molecule has 0 aliphatic rings. The number of hydrogen-bond donors (Lipinski definition) is 0. The minimum atomic E-state index is -0.341. The number of hydrogen-bond acceptors (Lipinski definition) is 2. The molecule has 0 unspecified atom stereocenters. The lowest BCUT2D eigenvalue weighted by Gasteiger charge is -1.94. The Labute approximate surface area is 53.9 Å². The molecule has 0 radical (unpaired) electrons. The minimum Gasteiger partial charge on any atom is -0.463 e. The Morgan fingerprint density at radius 3 is 2.67 bits per heavy atom. The topological polar surface area (TPSA) is 26.3 Å². The zero-order chi connectivity index (χ0) is 6.41. The van der Waals surface area contributed by atoms with Crippen molar-refractivity contribution in [1.82, 2.24) is 0 Å². The van der Waals surface area contributed by atoms with Crippen molar-refractivity contribution in [2.75, 3.05) is 6.61 Å². The van der Waals surface area contributed by atoms with Crippen molar-refractivity contribution in [1.29, 1.82) is 0 Å². The van der Waals surface area contributed by atoms with Gasteiger partial charge in [0.15, 0.2) is 0 Å². The summed E-state index contributed by atoms with van der Waals surface area (Å²) in [6.07, 6.45) is 2.02. The van der Waals surface area contributed by atoms with Gasteiger partial charge in [0, 0.05) is 6.08 Å². The highest BCUT2D eigenvalue weighted by Crippen LogP contribution is 1.81. The molecule has 0 bridgehead atoms. The van der Waals surface area contributed by atoms with Crippen LogP contribution in [0.3, 0.4) is 0 Å². The molecule has 0 saturated heterocycles. The van der Waals surface area contributed by atoms with Gasteiger partial charge in [-0.15, -0.1) is 0 Å². The molecule has 0 aliphatic carbocycles. The van der Waals surface area contributed by atoms with Gasteiger partial charge in [-0.25, -0.2) is 4.79 Å². The molecule has 0 aromatic carbocycles. The zero-order valence-corrected chi connectivity index (χ0v) is 5.42. The molecule has 0 heterocycles. The summed E-state index contributed by atoms with van der Waals surface area (Å²) in [7, 11) is 0. The first-order chi connectivity index (χ1) is 3.81. The van der Waals surface area contributed by atoms with E-state index in [0.29, 0.717) is 6.61 Å². The summed E-state index contributed by atoms with van der Waals surface area (Å²) in [6.45, 7) is 5.67. The second kappa shape index (κ2) is 7.14. The second-order valence-electron chi connectivity index (χ2n) is 1.37. The average molecular weight is 134 g/mol. The van der Waals surface area contributed by atoms with Crippen molar-refractivity contribution in [3.8, 4) is 0 Å². The fourth-order valence-corrected chi connectivity index (χ4v) is 0.262. The van der Waals surface area contributed by atoms with Gasteiger partial charge in [-0.3, -0.25) is 4.70 Å². The predicted molar refractivity (Wildman–Crippen MR) is 33.9 cm³/mol. The molecule has 3 heteroatoms. The maximum atomic E-state index is 10.2. The Kier molecular flexibility index (Phi) is 8.73. The lowest BCUT2D eigenvalue weighted by Crippen LogP contribution is -1.99. The summed E-state index contributed by atoms with van der Waals surface area (Å²) in [4.78, 5) is 10.2. The molecule has 0 amide bonds. The highest BCUT2D eigenvalue weighted by molar-refractivity contribution is 5.81. The van der Waals surface area contributed by atoms with Crippen LogP contribution in [0.25, 0.3) is 0 Å². The van der Waals surface area contributed by atoms with Gasteiger partial charge in [0.1, 0.15) is 0 Å². The average Bonchev–Trinajstić information content (AvgIpc) is 1.83. The fraction of sp³-hybridized carbons (Fsp3) is 0.500. The molecule has 0 aliphatic heterocycles. The van der Waals surface area contributed by atoms with Crippen molar-refractivity contribution >= 4 is 5.97 Å². The molecule has 0 saturated carbocycles. The Balaban J connectivity index is 0. The third-order valence-electron chi connectivity index (χ3n) is 0.615. The first-order valence-electron chi connectivity index (χ1n) is 2.60. The van der Waals surface area contributed by atoms with Gasteiger partial charge in [-0.05, 0) is 6.42 Å². The Morgan fingerprint density at radius 1 is 1.78 bits per heavy atom. The first kappa shape index (κ1) is 11.0. The van der Waals surface area contributed by atoms with Crippen LogP contribution in [0.1, 0.15) is 13.3 Å². The van der Waals surface area contributed by atoms with Gasteiger partial charge in [-0.2, -0.15) is 0 Å². The fourth-order valence-electron chi connectivity index (χ4n) is 0.262. The smallest absolute Gasteiger partial charge is 0.330 e. The van der Waals surface area contributed by atoms with E-state index >= 15 is 0 Å². The maximum Gasteiger partial charge on any atom is 0.330 e. The molecule has 0 spiro atoms. The Morgan fingerprint density at radius 2 is 2.33 bits per heavy atom. The van der Waals surface area contributed by atoms with Crippen LogP contribution in [0.15, 0.2) is 12.7 Å². The lowest BCUT2D eigenvalue weighted by atomic mass is 10.5. The standard InChI is InChI=1S/C6H10O2.FH/c1-3-5-8-6(7)4-2;/h4H,2-3,5H2,1H3;1H. The zero-order valence-electron chi connectivity index (χ0n) is 5.42. The van der Waals surface area contributed by atoms with E-state index in [1.165, 1.54) is 0 Å². The summed E-state index contributed by atoms with van der Waals surface area (Å²) < 4.78 is 4.58. The number of ether oxygens (including phenoxy) is 1. The van der Waals surface area contributed by atoms with Gasteiger partial charge in [0.25, 0.3) is 0 Å². The van der Waals surface area contributed by atoms with Gasteiger partial charge in [0.05, 0.1) is 6.61 Å². The Bertz CT molecular complexity index is 91.1. The van der Waals surface area contributed by atoms with Gasteiger partial charge < -0.3 is 4.74 Å². The van der Waals surface area contributed by atoms with Crippen LogP contribution in [0.5, 0.6) is 0 Å². The van der Waals surface area contributed by atoms with Crippen molar-refractivity contribution in [3.05, 3.63) is 12.7 Å². The van der Waals surface area contributed by atoms with Crippen LogP contribution >= 0.6 is 0 Å². The maximum absolute atomic E-state index is 10.2. The number of carbonyl (C=O) groups is 1. The molecule has 0 rings (SSSR count). The normalized spacial score (nSPS) is 7.22. The third kappa shape index (κ3) is 7.14. The molecule has 0 aromatic heterocycles. The van der Waals surface area contributed by atoms with E-state index < -0.39 is 0 Å². The number of halogens is 1. The molecule has 0 N–H and O–H groups in total.